The topological polar surface area (TPSA) is 55.6 Å². The summed E-state index contributed by atoms with van der Waals surface area (Å²) in [6, 6.07) is 5.63. The van der Waals surface area contributed by atoms with Gasteiger partial charge in [-0.05, 0) is 43.1 Å². The maximum atomic E-state index is 12.7. The summed E-state index contributed by atoms with van der Waals surface area (Å²) in [7, 11) is 0. The molecule has 1 fully saturated rings. The third kappa shape index (κ3) is 3.20. The van der Waals surface area contributed by atoms with Gasteiger partial charge in [0.2, 0.25) is 0 Å². The molecule has 0 radical (unpaired) electrons. The van der Waals surface area contributed by atoms with Crippen LogP contribution in [0, 0.1) is 11.7 Å². The Kier molecular flexibility index (Phi) is 4.15. The Labute approximate surface area is 106 Å². The molecular weight excluding hydrogens is 235 g/mol. The van der Waals surface area contributed by atoms with Gasteiger partial charge in [-0.25, -0.2) is 4.39 Å². The second-order valence-corrected chi connectivity index (χ2v) is 4.47. The van der Waals surface area contributed by atoms with E-state index in [2.05, 4.69) is 0 Å². The zero-order valence-corrected chi connectivity index (χ0v) is 10.1. The van der Waals surface area contributed by atoms with Crippen LogP contribution >= 0.6 is 0 Å². The number of nitrogens with two attached hydrogens (primary N) is 1. The van der Waals surface area contributed by atoms with Crippen molar-refractivity contribution in [3.05, 3.63) is 30.1 Å². The van der Waals surface area contributed by atoms with Crippen LogP contribution in [0.25, 0.3) is 0 Å². The average Bonchev–Trinajstić information content (AvgIpc) is 2.86. The van der Waals surface area contributed by atoms with Gasteiger partial charge in [0.1, 0.15) is 11.6 Å². The number of rotatable bonds is 4. The van der Waals surface area contributed by atoms with Crippen molar-refractivity contribution in [1.29, 1.82) is 0 Å². The Bertz CT molecular complexity index is 408. The number of amides is 1. The molecule has 98 valence electrons. The van der Waals surface area contributed by atoms with Crippen LogP contribution in [-0.4, -0.2) is 37.0 Å². The maximum Gasteiger partial charge on any atom is 0.260 e. The molecule has 0 aromatic heterocycles. The highest BCUT2D eigenvalue weighted by Gasteiger charge is 2.25. The SMILES string of the molecule is NCC1CCN(C(=O)COc2ccc(F)cc2)C1. The van der Waals surface area contributed by atoms with Crippen LogP contribution in [0.5, 0.6) is 5.75 Å². The minimum Gasteiger partial charge on any atom is -0.484 e. The number of ether oxygens (including phenoxy) is 1. The Balaban J connectivity index is 1.80. The summed E-state index contributed by atoms with van der Waals surface area (Å²) in [5, 5.41) is 0. The summed E-state index contributed by atoms with van der Waals surface area (Å²) in [6.45, 7) is 2.06. The van der Waals surface area contributed by atoms with Gasteiger partial charge in [-0.1, -0.05) is 0 Å². The van der Waals surface area contributed by atoms with Crippen LogP contribution in [0.4, 0.5) is 4.39 Å². The van der Waals surface area contributed by atoms with Crippen molar-refractivity contribution >= 4 is 5.91 Å². The Morgan fingerprint density at radius 2 is 2.17 bits per heavy atom. The zero-order chi connectivity index (χ0) is 13.0. The number of likely N-dealkylation sites (tertiary alicyclic amines) is 1. The molecule has 1 heterocycles. The second kappa shape index (κ2) is 5.82. The molecule has 2 N–H and O–H groups in total. The predicted molar refractivity (Wildman–Crippen MR) is 65.6 cm³/mol. The quantitative estimate of drug-likeness (QED) is 0.870. The lowest BCUT2D eigenvalue weighted by molar-refractivity contribution is -0.132. The summed E-state index contributed by atoms with van der Waals surface area (Å²) in [5.41, 5.74) is 5.57. The van der Waals surface area contributed by atoms with E-state index < -0.39 is 0 Å². The van der Waals surface area contributed by atoms with E-state index in [1.54, 1.807) is 4.90 Å². The fraction of sp³-hybridized carbons (Fsp3) is 0.462. The van der Waals surface area contributed by atoms with E-state index in [1.165, 1.54) is 24.3 Å². The van der Waals surface area contributed by atoms with Crippen molar-refractivity contribution < 1.29 is 13.9 Å². The molecule has 1 aliphatic heterocycles. The highest BCUT2D eigenvalue weighted by atomic mass is 19.1. The van der Waals surface area contributed by atoms with Gasteiger partial charge < -0.3 is 15.4 Å². The number of halogens is 1. The number of carbonyl (C=O) groups excluding carboxylic acids is 1. The number of benzene rings is 1. The molecule has 1 aromatic rings. The fourth-order valence-corrected chi connectivity index (χ4v) is 2.02. The van der Waals surface area contributed by atoms with Gasteiger partial charge in [0.05, 0.1) is 0 Å². The highest BCUT2D eigenvalue weighted by Crippen LogP contribution is 2.16. The molecule has 0 aliphatic carbocycles. The first-order chi connectivity index (χ1) is 8.69. The molecular formula is C13H17FN2O2. The largest absolute Gasteiger partial charge is 0.484 e. The molecule has 1 aliphatic rings. The first-order valence-electron chi connectivity index (χ1n) is 6.05. The number of carbonyl (C=O) groups is 1. The molecule has 1 aromatic carbocycles. The Morgan fingerprint density at radius 3 is 2.78 bits per heavy atom. The van der Waals surface area contributed by atoms with Crippen molar-refractivity contribution in [3.8, 4) is 5.75 Å². The van der Waals surface area contributed by atoms with Crippen molar-refractivity contribution in [2.75, 3.05) is 26.2 Å². The van der Waals surface area contributed by atoms with Gasteiger partial charge in [0, 0.05) is 13.1 Å². The van der Waals surface area contributed by atoms with E-state index in [0.29, 0.717) is 24.8 Å². The summed E-state index contributed by atoms with van der Waals surface area (Å²) in [5.74, 6) is 0.536. The van der Waals surface area contributed by atoms with Crippen LogP contribution in [0.1, 0.15) is 6.42 Å². The molecule has 1 unspecified atom stereocenters. The first-order valence-corrected chi connectivity index (χ1v) is 6.05. The molecule has 0 saturated carbocycles. The summed E-state index contributed by atoms with van der Waals surface area (Å²) in [6.07, 6.45) is 0.957. The minimum atomic E-state index is -0.320. The summed E-state index contributed by atoms with van der Waals surface area (Å²) >= 11 is 0. The third-order valence-corrected chi connectivity index (χ3v) is 3.15. The van der Waals surface area contributed by atoms with Crippen LogP contribution in [-0.2, 0) is 4.79 Å². The van der Waals surface area contributed by atoms with E-state index in [-0.39, 0.29) is 18.3 Å². The predicted octanol–water partition coefficient (Wildman–Crippen LogP) is 1.01. The summed E-state index contributed by atoms with van der Waals surface area (Å²) < 4.78 is 18.0. The van der Waals surface area contributed by atoms with Crippen molar-refractivity contribution in [3.63, 3.8) is 0 Å². The molecule has 1 saturated heterocycles. The Hall–Kier alpha value is -1.62. The molecule has 18 heavy (non-hydrogen) atoms. The van der Waals surface area contributed by atoms with Crippen LogP contribution in [0.2, 0.25) is 0 Å². The molecule has 1 atom stereocenters. The van der Waals surface area contributed by atoms with E-state index in [4.69, 9.17) is 10.5 Å². The lowest BCUT2D eigenvalue weighted by atomic mass is 10.1. The van der Waals surface area contributed by atoms with Crippen molar-refractivity contribution in [2.24, 2.45) is 11.7 Å². The molecule has 4 nitrogen and oxygen atoms in total. The van der Waals surface area contributed by atoms with Gasteiger partial charge >= 0.3 is 0 Å². The number of nitrogens with zero attached hydrogens (tertiary/aromatic N) is 1. The standard InChI is InChI=1S/C13H17FN2O2/c14-11-1-3-12(4-2-11)18-9-13(17)16-6-5-10(7-15)8-16/h1-4,10H,5-9,15H2. The van der Waals surface area contributed by atoms with Crippen LogP contribution in [0.3, 0.4) is 0 Å². The van der Waals surface area contributed by atoms with Gasteiger partial charge in [0.25, 0.3) is 5.91 Å². The number of hydrogen-bond acceptors (Lipinski definition) is 3. The van der Waals surface area contributed by atoms with Crippen molar-refractivity contribution in [1.82, 2.24) is 4.90 Å². The third-order valence-electron chi connectivity index (χ3n) is 3.15. The number of hydrogen-bond donors (Lipinski definition) is 1. The summed E-state index contributed by atoms with van der Waals surface area (Å²) in [4.78, 5) is 13.6. The monoisotopic (exact) mass is 252 g/mol. The molecule has 0 spiro atoms. The molecule has 5 heteroatoms. The molecule has 2 rings (SSSR count). The normalized spacial score (nSPS) is 19.0. The zero-order valence-electron chi connectivity index (χ0n) is 10.1. The van der Waals surface area contributed by atoms with E-state index in [0.717, 1.165) is 13.0 Å². The lowest BCUT2D eigenvalue weighted by Gasteiger charge is -2.16. The van der Waals surface area contributed by atoms with Gasteiger partial charge in [0.15, 0.2) is 6.61 Å². The van der Waals surface area contributed by atoms with E-state index >= 15 is 0 Å². The smallest absolute Gasteiger partial charge is 0.260 e. The second-order valence-electron chi connectivity index (χ2n) is 4.47. The van der Waals surface area contributed by atoms with Gasteiger partial charge in [-0.2, -0.15) is 0 Å². The lowest BCUT2D eigenvalue weighted by Crippen LogP contribution is -2.33. The van der Waals surface area contributed by atoms with Crippen LogP contribution in [0.15, 0.2) is 24.3 Å². The van der Waals surface area contributed by atoms with Gasteiger partial charge in [-0.15, -0.1) is 0 Å². The van der Waals surface area contributed by atoms with Crippen LogP contribution < -0.4 is 10.5 Å². The Morgan fingerprint density at radius 1 is 1.44 bits per heavy atom. The first kappa shape index (κ1) is 12.8. The van der Waals surface area contributed by atoms with Gasteiger partial charge in [-0.3, -0.25) is 4.79 Å². The molecule has 1 amide bonds. The van der Waals surface area contributed by atoms with E-state index in [9.17, 15) is 9.18 Å². The highest BCUT2D eigenvalue weighted by molar-refractivity contribution is 5.78. The minimum absolute atomic E-state index is 0.0110. The maximum absolute atomic E-state index is 12.7. The molecule has 0 bridgehead atoms. The van der Waals surface area contributed by atoms with E-state index in [1.807, 2.05) is 0 Å². The van der Waals surface area contributed by atoms with Crippen molar-refractivity contribution in [2.45, 2.75) is 6.42 Å². The average molecular weight is 252 g/mol. The fourth-order valence-electron chi connectivity index (χ4n) is 2.02.